The largest absolute Gasteiger partial charge is 0.496 e. The molecule has 5 aliphatic heterocycles. The number of hydrogen-bond acceptors (Lipinski definition) is 15. The van der Waals surface area contributed by atoms with Crippen molar-refractivity contribution in [1.29, 1.82) is 0 Å². The number of rotatable bonds is 20. The lowest BCUT2D eigenvalue weighted by atomic mass is 9.47. The number of aromatic amines is 1. The number of anilines is 1. The van der Waals surface area contributed by atoms with Gasteiger partial charge in [-0.2, -0.15) is 0 Å². The van der Waals surface area contributed by atoms with Gasteiger partial charge in [0.25, 0.3) is 5.91 Å². The van der Waals surface area contributed by atoms with Gasteiger partial charge in [0.15, 0.2) is 11.4 Å². The molecule has 3 aromatic rings. The highest BCUT2D eigenvalue weighted by Gasteiger charge is 2.79. The van der Waals surface area contributed by atoms with E-state index in [4.69, 9.17) is 23.7 Å². The minimum Gasteiger partial charge on any atom is -0.496 e. The first kappa shape index (κ1) is 55.5. The Balaban J connectivity index is 0.925. The summed E-state index contributed by atoms with van der Waals surface area (Å²) in [5.41, 5.74) is -1.57. The molecule has 10 atom stereocenters. The lowest BCUT2D eigenvalue weighted by Crippen LogP contribution is -2.82. The third-order valence-electron chi connectivity index (χ3n) is 21.3. The molecule has 6 heterocycles. The van der Waals surface area contributed by atoms with Crippen molar-refractivity contribution in [3.05, 3.63) is 70.9 Å². The molecule has 2 saturated heterocycles. The van der Waals surface area contributed by atoms with Crippen molar-refractivity contribution in [2.75, 3.05) is 119 Å². The number of carbonyl (C=O) groups excluding carboxylic acids is 3. The normalized spacial score (nSPS) is 36.5. The summed E-state index contributed by atoms with van der Waals surface area (Å²) in [5.74, 6) is -0.609. The van der Waals surface area contributed by atoms with E-state index < -0.39 is 51.5 Å². The maximum Gasteiger partial charge on any atom is 0.322 e. The quantitative estimate of drug-likeness (QED) is 0.0522. The van der Waals surface area contributed by atoms with E-state index in [-0.39, 0.29) is 41.7 Å². The highest BCUT2D eigenvalue weighted by atomic mass is 16.5. The topological polar surface area (TPSA) is 208 Å². The summed E-state index contributed by atoms with van der Waals surface area (Å²) >= 11 is 0. The van der Waals surface area contributed by atoms with Crippen LogP contribution in [0, 0.1) is 22.2 Å². The molecule has 6 N–H and O–H groups in total. The number of ether oxygens (including phenoxy) is 5. The number of fused-ring (bicyclic) bond motifs is 9. The summed E-state index contributed by atoms with van der Waals surface area (Å²) in [4.78, 5) is 54.6. The van der Waals surface area contributed by atoms with Gasteiger partial charge < -0.3 is 59.5 Å². The Hall–Kier alpha value is -4.43. The monoisotopic (exact) mass is 1080 g/mol. The van der Waals surface area contributed by atoms with E-state index in [1.807, 2.05) is 37.1 Å². The first-order chi connectivity index (χ1) is 37.5. The number of para-hydroxylation sites is 1. The Morgan fingerprint density at radius 2 is 1.58 bits per heavy atom. The van der Waals surface area contributed by atoms with Gasteiger partial charge in [-0.1, -0.05) is 44.2 Å². The van der Waals surface area contributed by atoms with Crippen LogP contribution in [0.1, 0.15) is 107 Å². The molecule has 12 rings (SSSR count). The molecule has 4 bridgehead atoms. The highest BCUT2D eigenvalue weighted by molar-refractivity contribution is 5.95. The first-order valence-corrected chi connectivity index (χ1v) is 29.1. The average molecular weight is 1080 g/mol. The fourth-order valence-corrected chi connectivity index (χ4v) is 17.4. The van der Waals surface area contributed by atoms with Crippen LogP contribution in [0.25, 0.3) is 10.9 Å². The maximum atomic E-state index is 15.7. The van der Waals surface area contributed by atoms with Crippen molar-refractivity contribution in [1.82, 2.24) is 25.4 Å². The van der Waals surface area contributed by atoms with E-state index in [0.717, 1.165) is 78.5 Å². The van der Waals surface area contributed by atoms with Crippen molar-refractivity contribution in [2.24, 2.45) is 22.2 Å². The van der Waals surface area contributed by atoms with Gasteiger partial charge in [0, 0.05) is 104 Å². The second kappa shape index (κ2) is 21.2. The Labute approximate surface area is 460 Å². The van der Waals surface area contributed by atoms with Gasteiger partial charge >= 0.3 is 5.97 Å². The second-order valence-corrected chi connectivity index (χ2v) is 25.1. The third-order valence-corrected chi connectivity index (χ3v) is 21.3. The van der Waals surface area contributed by atoms with Gasteiger partial charge in [-0.15, -0.1) is 0 Å². The molecule has 78 heavy (non-hydrogen) atoms. The van der Waals surface area contributed by atoms with Gasteiger partial charge in [0.05, 0.1) is 58.8 Å². The van der Waals surface area contributed by atoms with Crippen LogP contribution < -0.4 is 20.3 Å². The Morgan fingerprint density at radius 1 is 0.846 bits per heavy atom. The van der Waals surface area contributed by atoms with Crippen LogP contribution in [0.4, 0.5) is 5.69 Å². The number of likely N-dealkylation sites (N-methyl/N-ethyl adjacent to an activating group) is 1. The Kier molecular flexibility index (Phi) is 15.0. The number of amides is 1. The third kappa shape index (κ3) is 8.69. The molecule has 2 aromatic carbocycles. The smallest absolute Gasteiger partial charge is 0.322 e. The molecular weight excluding hydrogens is 993 g/mol. The SMILES string of the molecule is CC[C@]1(O)CC2CN(CCc3c([nH]c4ccccc34)[C@](C(=O)OC)(c3cc4c(cc3OC)N(C)C3C45CCN4CC=C[C@](CC)(C45)[C@@H](O)[C@]3(O)C(=O)NCC34CCC(CNCC(=O)COCCOCCOC)(CC3)CC4)C2)C1. The zero-order valence-electron chi connectivity index (χ0n) is 47.1. The fraction of sp³-hybridized carbons (Fsp3) is 0.689. The average Bonchev–Trinajstić information content (AvgIpc) is 2.36. The lowest BCUT2D eigenvalue weighted by Gasteiger charge is -2.63. The van der Waals surface area contributed by atoms with E-state index in [1.165, 1.54) is 7.11 Å². The van der Waals surface area contributed by atoms with Crippen molar-refractivity contribution in [3.8, 4) is 5.75 Å². The van der Waals surface area contributed by atoms with Gasteiger partial charge in [-0.25, -0.2) is 0 Å². The molecule has 5 unspecified atom stereocenters. The minimum atomic E-state index is -2.27. The van der Waals surface area contributed by atoms with Gasteiger partial charge in [0.2, 0.25) is 0 Å². The number of hydrogen-bond donors (Lipinski definition) is 6. The van der Waals surface area contributed by atoms with Crippen LogP contribution in [0.2, 0.25) is 0 Å². The molecule has 17 nitrogen and oxygen atoms in total. The number of nitrogens with zero attached hydrogens (tertiary/aromatic N) is 3. The number of methoxy groups -OCH3 is 3. The molecule has 4 aliphatic carbocycles. The second-order valence-electron chi connectivity index (χ2n) is 25.1. The number of nitrogens with one attached hydrogen (secondary N) is 3. The highest BCUT2D eigenvalue weighted by Crippen LogP contribution is 2.68. The lowest BCUT2D eigenvalue weighted by molar-refractivity contribution is -0.204. The number of carbonyl (C=O) groups is 3. The number of Topliss-reactive ketones (excluding diaryl/α,β-unsaturated/α-hetero) is 1. The van der Waals surface area contributed by atoms with Gasteiger partial charge in [-0.05, 0) is 124 Å². The predicted molar refractivity (Wildman–Crippen MR) is 296 cm³/mol. The number of ketones is 1. The molecule has 9 aliphatic rings. The number of piperidine rings is 1. The number of aliphatic hydroxyl groups excluding tert-OH is 1. The zero-order chi connectivity index (χ0) is 54.9. The zero-order valence-corrected chi connectivity index (χ0v) is 47.1. The summed E-state index contributed by atoms with van der Waals surface area (Å²) in [7, 11) is 6.65. The summed E-state index contributed by atoms with van der Waals surface area (Å²) in [6.45, 7) is 10.6. The molecule has 0 radical (unpaired) electrons. The van der Waals surface area contributed by atoms with E-state index in [9.17, 15) is 20.1 Å². The van der Waals surface area contributed by atoms with E-state index in [2.05, 4.69) is 62.7 Å². The van der Waals surface area contributed by atoms with Gasteiger partial charge in [-0.3, -0.25) is 24.2 Å². The van der Waals surface area contributed by atoms with Crippen LogP contribution in [0.3, 0.4) is 0 Å². The van der Waals surface area contributed by atoms with Crippen molar-refractivity contribution < 1.29 is 53.4 Å². The Bertz CT molecular complexity index is 2760. The summed E-state index contributed by atoms with van der Waals surface area (Å²) in [5, 5.41) is 47.1. The molecule has 6 fully saturated rings. The standard InChI is InChI=1S/C61H86N6O11/c1-7-57(72)32-40-33-60(54(71)76-6,49-43(14-24-66(35-40)39-57)42-12-9-10-13-46(42)64-49)45-30-44-47(31-48(45)75-5)65(3)51-59(44)22-25-67-23-11-15-58(8-2,50(59)67)52(69)61(51,73)53(70)63-38-56-19-16-55(17-20-56,18-21-56)37-62-34-41(68)36-78-29-28-77-27-26-74-4/h9-13,15,30-31,40,50-52,62,64,69,72-73H,7-8,14,16-29,32-39H2,1-6H3,(H,63,70)/t40?,50?,51?,52-,55?,56?,57+,58-,59?,60-,61+/m1/s1. The van der Waals surface area contributed by atoms with Gasteiger partial charge in [0.1, 0.15) is 23.9 Å². The van der Waals surface area contributed by atoms with Crippen molar-refractivity contribution in [2.45, 2.75) is 131 Å². The number of esters is 1. The Morgan fingerprint density at radius 3 is 2.29 bits per heavy atom. The number of aromatic nitrogens is 1. The summed E-state index contributed by atoms with van der Waals surface area (Å²) < 4.78 is 28.5. The summed E-state index contributed by atoms with van der Waals surface area (Å²) in [6, 6.07) is 11.2. The number of aliphatic hydroxyl groups is 3. The summed E-state index contributed by atoms with van der Waals surface area (Å²) in [6.07, 6.45) is 11.5. The fourth-order valence-electron chi connectivity index (χ4n) is 17.4. The molecule has 1 aromatic heterocycles. The first-order valence-electron chi connectivity index (χ1n) is 29.1. The number of benzene rings is 2. The van der Waals surface area contributed by atoms with E-state index in [1.54, 1.807) is 14.2 Å². The van der Waals surface area contributed by atoms with Crippen LogP contribution in [0.5, 0.6) is 5.75 Å². The van der Waals surface area contributed by atoms with Crippen molar-refractivity contribution >= 4 is 34.3 Å². The van der Waals surface area contributed by atoms with Crippen LogP contribution in [-0.2, 0) is 50.6 Å². The predicted octanol–water partition coefficient (Wildman–Crippen LogP) is 4.54. The molecule has 1 amide bonds. The molecule has 426 valence electrons. The van der Waals surface area contributed by atoms with Crippen LogP contribution in [-0.4, -0.2) is 191 Å². The van der Waals surface area contributed by atoms with Crippen LogP contribution >= 0.6 is 0 Å². The molecule has 1 spiro atoms. The molecular formula is C61H86N6O11. The minimum absolute atomic E-state index is 0.00341. The molecule has 17 heteroatoms. The van der Waals surface area contributed by atoms with Crippen LogP contribution in [0.15, 0.2) is 48.6 Å². The van der Waals surface area contributed by atoms with E-state index >= 15 is 9.59 Å². The molecule has 4 saturated carbocycles. The number of H-pyrrole nitrogens is 1. The van der Waals surface area contributed by atoms with Crippen molar-refractivity contribution in [3.63, 3.8) is 0 Å². The van der Waals surface area contributed by atoms with E-state index in [0.29, 0.717) is 116 Å². The maximum absolute atomic E-state index is 15.7.